The summed E-state index contributed by atoms with van der Waals surface area (Å²) in [6.07, 6.45) is 6.94. The van der Waals surface area contributed by atoms with Gasteiger partial charge in [-0.1, -0.05) is 24.3 Å². The van der Waals surface area contributed by atoms with E-state index in [4.69, 9.17) is 4.98 Å². The maximum atomic E-state index is 13.2. The third kappa shape index (κ3) is 3.12. The Morgan fingerprint density at radius 3 is 2.58 bits per heavy atom. The van der Waals surface area contributed by atoms with Gasteiger partial charge in [-0.3, -0.25) is 14.2 Å². The number of aryl methyl sites for hydroxylation is 1. The van der Waals surface area contributed by atoms with Gasteiger partial charge < -0.3 is 4.90 Å². The summed E-state index contributed by atoms with van der Waals surface area (Å²) in [5.74, 6) is 0.753. The molecule has 5 nitrogen and oxygen atoms in total. The van der Waals surface area contributed by atoms with Gasteiger partial charge >= 0.3 is 0 Å². The van der Waals surface area contributed by atoms with E-state index in [0.29, 0.717) is 5.56 Å². The third-order valence-corrected chi connectivity index (χ3v) is 4.82. The van der Waals surface area contributed by atoms with Gasteiger partial charge in [-0.2, -0.15) is 0 Å². The maximum Gasteiger partial charge on any atom is 0.268 e. The first kappa shape index (κ1) is 16.5. The van der Waals surface area contributed by atoms with E-state index in [2.05, 4.69) is 9.89 Å². The molecule has 0 atom stereocenters. The summed E-state index contributed by atoms with van der Waals surface area (Å²) in [4.78, 5) is 24.8. The number of aliphatic imine (C=N–C) groups is 1. The predicted octanol–water partition coefficient (Wildman–Crippen LogP) is 3.74. The zero-order valence-electron chi connectivity index (χ0n) is 14.9. The highest BCUT2D eigenvalue weighted by atomic mass is 16.1. The number of benzene rings is 1. The van der Waals surface area contributed by atoms with Gasteiger partial charge in [-0.25, -0.2) is 4.98 Å². The van der Waals surface area contributed by atoms with Crippen LogP contribution in [0.4, 0.5) is 11.5 Å². The first-order chi connectivity index (χ1) is 12.7. The zero-order chi connectivity index (χ0) is 17.9. The SMILES string of the molecule is Cc1cccn2c(=O)c(C=Nc3ccccc3)c(N3CCCCC3)nc12. The van der Waals surface area contributed by atoms with Gasteiger partial charge in [0.25, 0.3) is 5.56 Å². The lowest BCUT2D eigenvalue weighted by atomic mass is 10.1. The molecule has 132 valence electrons. The number of rotatable bonds is 3. The molecule has 0 N–H and O–H groups in total. The molecule has 1 fully saturated rings. The molecule has 0 saturated carbocycles. The Labute approximate surface area is 152 Å². The van der Waals surface area contributed by atoms with Crippen molar-refractivity contribution in [3.63, 3.8) is 0 Å². The van der Waals surface area contributed by atoms with E-state index >= 15 is 0 Å². The lowest BCUT2D eigenvalue weighted by Gasteiger charge is -2.29. The quantitative estimate of drug-likeness (QED) is 0.679. The molecule has 0 spiro atoms. The van der Waals surface area contributed by atoms with Crippen LogP contribution < -0.4 is 10.5 Å². The fourth-order valence-corrected chi connectivity index (χ4v) is 3.41. The van der Waals surface area contributed by atoms with Gasteiger partial charge in [0.2, 0.25) is 0 Å². The Bertz CT molecular complexity index is 1000. The highest BCUT2D eigenvalue weighted by Crippen LogP contribution is 2.21. The van der Waals surface area contributed by atoms with Crippen LogP contribution in [0.25, 0.3) is 5.65 Å². The molecular formula is C21H22N4O. The second-order valence-electron chi connectivity index (χ2n) is 6.68. The number of piperidine rings is 1. The number of fused-ring (bicyclic) bond motifs is 1. The topological polar surface area (TPSA) is 50.0 Å². The molecule has 26 heavy (non-hydrogen) atoms. The van der Waals surface area contributed by atoms with E-state index in [-0.39, 0.29) is 5.56 Å². The lowest BCUT2D eigenvalue weighted by molar-refractivity contribution is 0.573. The summed E-state index contributed by atoms with van der Waals surface area (Å²) in [5, 5.41) is 0. The number of aromatic nitrogens is 2. The minimum absolute atomic E-state index is 0.0704. The van der Waals surface area contributed by atoms with Crippen molar-refractivity contribution in [3.8, 4) is 0 Å². The molecule has 1 saturated heterocycles. The van der Waals surface area contributed by atoms with Crippen LogP contribution in [0.15, 0.2) is 58.4 Å². The van der Waals surface area contributed by atoms with E-state index in [0.717, 1.165) is 48.6 Å². The average Bonchev–Trinajstić information content (AvgIpc) is 2.69. The van der Waals surface area contributed by atoms with Crippen LogP contribution in [0, 0.1) is 6.92 Å². The molecule has 0 unspecified atom stereocenters. The number of pyridine rings is 1. The van der Waals surface area contributed by atoms with E-state index < -0.39 is 0 Å². The van der Waals surface area contributed by atoms with Gasteiger partial charge in [-0.15, -0.1) is 0 Å². The molecule has 5 heteroatoms. The summed E-state index contributed by atoms with van der Waals surface area (Å²) in [7, 11) is 0. The smallest absolute Gasteiger partial charge is 0.268 e. The molecule has 0 amide bonds. The molecule has 1 aliphatic rings. The molecular weight excluding hydrogens is 324 g/mol. The van der Waals surface area contributed by atoms with Crippen LogP contribution in [0.1, 0.15) is 30.4 Å². The summed E-state index contributed by atoms with van der Waals surface area (Å²) in [6, 6.07) is 13.5. The van der Waals surface area contributed by atoms with Gasteiger partial charge in [-0.05, 0) is 49.9 Å². The fraction of sp³-hybridized carbons (Fsp3) is 0.286. The van der Waals surface area contributed by atoms with Gasteiger partial charge in [0.15, 0.2) is 0 Å². The van der Waals surface area contributed by atoms with Crippen molar-refractivity contribution in [3.05, 3.63) is 70.1 Å². The maximum absolute atomic E-state index is 13.2. The number of para-hydroxylation sites is 1. The molecule has 1 aromatic carbocycles. The van der Waals surface area contributed by atoms with Crippen LogP contribution in [0.2, 0.25) is 0 Å². The fourth-order valence-electron chi connectivity index (χ4n) is 3.41. The molecule has 3 heterocycles. The van der Waals surface area contributed by atoms with Crippen LogP contribution in [0.5, 0.6) is 0 Å². The van der Waals surface area contributed by atoms with Crippen LogP contribution in [0.3, 0.4) is 0 Å². The first-order valence-corrected chi connectivity index (χ1v) is 9.10. The van der Waals surface area contributed by atoms with E-state index in [9.17, 15) is 4.79 Å². The second kappa shape index (κ2) is 7.12. The number of hydrogen-bond donors (Lipinski definition) is 0. The predicted molar refractivity (Wildman–Crippen MR) is 106 cm³/mol. The van der Waals surface area contributed by atoms with Gasteiger partial charge in [0, 0.05) is 25.5 Å². The Kier molecular flexibility index (Phi) is 4.52. The Morgan fingerprint density at radius 1 is 1.04 bits per heavy atom. The van der Waals surface area contributed by atoms with Crippen molar-refractivity contribution in [2.45, 2.75) is 26.2 Å². The van der Waals surface area contributed by atoms with Crippen molar-refractivity contribution >= 4 is 23.4 Å². The van der Waals surface area contributed by atoms with Crippen LogP contribution >= 0.6 is 0 Å². The number of hydrogen-bond acceptors (Lipinski definition) is 4. The van der Waals surface area contributed by atoms with Crippen molar-refractivity contribution in [1.82, 2.24) is 9.38 Å². The number of anilines is 1. The zero-order valence-corrected chi connectivity index (χ0v) is 14.9. The highest BCUT2D eigenvalue weighted by molar-refractivity contribution is 5.88. The van der Waals surface area contributed by atoms with E-state index in [1.807, 2.05) is 49.4 Å². The summed E-state index contributed by atoms with van der Waals surface area (Å²) in [6.45, 7) is 3.85. The van der Waals surface area contributed by atoms with Crippen molar-refractivity contribution < 1.29 is 0 Å². The molecule has 3 aromatic rings. The highest BCUT2D eigenvalue weighted by Gasteiger charge is 2.19. The van der Waals surface area contributed by atoms with Crippen LogP contribution in [-0.2, 0) is 0 Å². The first-order valence-electron chi connectivity index (χ1n) is 9.10. The Balaban J connectivity index is 1.89. The standard InChI is InChI=1S/C21H22N4O/c1-16-9-8-14-25-19(16)23-20(24-12-6-3-7-13-24)18(21(25)26)15-22-17-10-4-2-5-11-17/h2,4-5,8-11,14-15H,3,6-7,12-13H2,1H3. The van der Waals surface area contributed by atoms with Gasteiger partial charge in [0.1, 0.15) is 17.0 Å². The Hall–Kier alpha value is -2.95. The minimum atomic E-state index is -0.0704. The third-order valence-electron chi connectivity index (χ3n) is 4.82. The normalized spacial score (nSPS) is 15.0. The average molecular weight is 346 g/mol. The summed E-state index contributed by atoms with van der Waals surface area (Å²) in [5.41, 5.74) is 3.02. The molecule has 2 aromatic heterocycles. The summed E-state index contributed by atoms with van der Waals surface area (Å²) >= 11 is 0. The van der Waals surface area contributed by atoms with E-state index in [1.54, 1.807) is 16.8 Å². The lowest BCUT2D eigenvalue weighted by Crippen LogP contribution is -2.34. The van der Waals surface area contributed by atoms with Crippen molar-refractivity contribution in [2.24, 2.45) is 4.99 Å². The van der Waals surface area contributed by atoms with E-state index in [1.165, 1.54) is 6.42 Å². The minimum Gasteiger partial charge on any atom is -0.356 e. The molecule has 0 radical (unpaired) electrons. The Morgan fingerprint density at radius 2 is 1.81 bits per heavy atom. The molecule has 0 aliphatic carbocycles. The monoisotopic (exact) mass is 346 g/mol. The number of nitrogens with zero attached hydrogens (tertiary/aromatic N) is 4. The largest absolute Gasteiger partial charge is 0.356 e. The second-order valence-corrected chi connectivity index (χ2v) is 6.68. The molecule has 1 aliphatic heterocycles. The molecule has 4 rings (SSSR count). The van der Waals surface area contributed by atoms with Crippen molar-refractivity contribution in [1.29, 1.82) is 0 Å². The van der Waals surface area contributed by atoms with Gasteiger partial charge in [0.05, 0.1) is 5.69 Å². The summed E-state index contributed by atoms with van der Waals surface area (Å²) < 4.78 is 1.62. The molecule has 0 bridgehead atoms. The van der Waals surface area contributed by atoms with Crippen LogP contribution in [-0.4, -0.2) is 28.7 Å². The van der Waals surface area contributed by atoms with Crippen molar-refractivity contribution in [2.75, 3.05) is 18.0 Å².